The van der Waals surface area contributed by atoms with E-state index in [1.54, 1.807) is 6.92 Å². The van der Waals surface area contributed by atoms with Gasteiger partial charge in [-0.25, -0.2) is 0 Å². The third-order valence-electron chi connectivity index (χ3n) is 3.18. The van der Waals surface area contributed by atoms with Crippen LogP contribution in [0.1, 0.15) is 56.8 Å². The van der Waals surface area contributed by atoms with Crippen LogP contribution in [0.5, 0.6) is 0 Å². The number of hydrogen-bond acceptors (Lipinski definition) is 2. The molecule has 18 heavy (non-hydrogen) atoms. The molecule has 0 radical (unpaired) electrons. The van der Waals surface area contributed by atoms with Gasteiger partial charge in [-0.2, -0.15) is 0 Å². The molecule has 100 valence electrons. The summed E-state index contributed by atoms with van der Waals surface area (Å²) >= 11 is 0. The average molecular weight is 247 g/mol. The Hall–Kier alpha value is -1.31. The van der Waals surface area contributed by atoms with Gasteiger partial charge in [-0.1, -0.05) is 38.8 Å². The van der Waals surface area contributed by atoms with Gasteiger partial charge >= 0.3 is 0 Å². The van der Waals surface area contributed by atoms with Crippen molar-refractivity contribution in [3.63, 3.8) is 0 Å². The Morgan fingerprint density at radius 3 is 2.22 bits per heavy atom. The molecule has 0 bridgehead atoms. The van der Waals surface area contributed by atoms with E-state index < -0.39 is 0 Å². The molecule has 0 spiro atoms. The Kier molecular flexibility index (Phi) is 6.48. The SMILES string of the molecule is CCCCN(CCCC)c1cccc(C(C)=O)c1. The molecular formula is C16H25NO. The maximum absolute atomic E-state index is 11.4. The number of carbonyl (C=O) groups is 1. The standard InChI is InChI=1S/C16H25NO/c1-4-6-11-17(12-7-5-2)16-10-8-9-15(13-16)14(3)18/h8-10,13H,4-7,11-12H2,1-3H3. The van der Waals surface area contributed by atoms with Gasteiger partial charge in [0, 0.05) is 24.3 Å². The summed E-state index contributed by atoms with van der Waals surface area (Å²) in [6.45, 7) is 8.21. The topological polar surface area (TPSA) is 20.3 Å². The first-order chi connectivity index (χ1) is 8.69. The zero-order valence-electron chi connectivity index (χ0n) is 11.9. The van der Waals surface area contributed by atoms with Crippen molar-refractivity contribution in [3.05, 3.63) is 29.8 Å². The predicted molar refractivity (Wildman–Crippen MR) is 78.5 cm³/mol. The monoisotopic (exact) mass is 247 g/mol. The van der Waals surface area contributed by atoms with Gasteiger partial charge in [-0.3, -0.25) is 4.79 Å². The average Bonchev–Trinajstić information content (AvgIpc) is 2.39. The van der Waals surface area contributed by atoms with E-state index in [1.807, 2.05) is 18.2 Å². The van der Waals surface area contributed by atoms with Crippen molar-refractivity contribution >= 4 is 11.5 Å². The first-order valence-corrected chi connectivity index (χ1v) is 7.05. The Morgan fingerprint density at radius 1 is 1.11 bits per heavy atom. The molecule has 0 aliphatic carbocycles. The summed E-state index contributed by atoms with van der Waals surface area (Å²) in [5.74, 6) is 0.141. The van der Waals surface area contributed by atoms with Crippen molar-refractivity contribution in [3.8, 4) is 0 Å². The highest BCUT2D eigenvalue weighted by molar-refractivity contribution is 5.94. The lowest BCUT2D eigenvalue weighted by atomic mass is 10.1. The predicted octanol–water partition coefficient (Wildman–Crippen LogP) is 4.30. The fourth-order valence-electron chi connectivity index (χ4n) is 1.99. The molecule has 0 amide bonds. The maximum Gasteiger partial charge on any atom is 0.159 e. The number of Topliss-reactive ketones (excluding diaryl/α,β-unsaturated/α-hetero) is 1. The Labute approximate surface area is 111 Å². The maximum atomic E-state index is 11.4. The molecule has 0 unspecified atom stereocenters. The Bertz CT molecular complexity index is 365. The van der Waals surface area contributed by atoms with E-state index in [-0.39, 0.29) is 5.78 Å². The lowest BCUT2D eigenvalue weighted by molar-refractivity contribution is 0.101. The van der Waals surface area contributed by atoms with E-state index in [2.05, 4.69) is 24.8 Å². The fourth-order valence-corrected chi connectivity index (χ4v) is 1.99. The highest BCUT2D eigenvalue weighted by Gasteiger charge is 2.07. The van der Waals surface area contributed by atoms with E-state index in [0.717, 1.165) is 18.7 Å². The third-order valence-corrected chi connectivity index (χ3v) is 3.18. The summed E-state index contributed by atoms with van der Waals surface area (Å²) in [6, 6.07) is 8.01. The number of rotatable bonds is 8. The van der Waals surface area contributed by atoms with Crippen molar-refractivity contribution < 1.29 is 4.79 Å². The quantitative estimate of drug-likeness (QED) is 0.638. The molecule has 0 fully saturated rings. The molecular weight excluding hydrogens is 222 g/mol. The molecule has 0 N–H and O–H groups in total. The first-order valence-electron chi connectivity index (χ1n) is 7.05. The summed E-state index contributed by atoms with van der Waals surface area (Å²) < 4.78 is 0. The Balaban J connectivity index is 2.82. The molecule has 0 saturated heterocycles. The van der Waals surface area contributed by atoms with Crippen LogP contribution in [-0.4, -0.2) is 18.9 Å². The van der Waals surface area contributed by atoms with Crippen LogP contribution >= 0.6 is 0 Å². The molecule has 1 aromatic carbocycles. The molecule has 0 saturated carbocycles. The molecule has 2 nitrogen and oxygen atoms in total. The van der Waals surface area contributed by atoms with Gasteiger partial charge in [0.05, 0.1) is 0 Å². The second-order valence-electron chi connectivity index (χ2n) is 4.80. The van der Waals surface area contributed by atoms with E-state index >= 15 is 0 Å². The summed E-state index contributed by atoms with van der Waals surface area (Å²) in [7, 11) is 0. The lowest BCUT2D eigenvalue weighted by Gasteiger charge is -2.25. The molecule has 2 heteroatoms. The van der Waals surface area contributed by atoms with Gasteiger partial charge in [-0.05, 0) is 31.9 Å². The molecule has 0 aliphatic heterocycles. The van der Waals surface area contributed by atoms with Gasteiger partial charge in [0.2, 0.25) is 0 Å². The number of ketones is 1. The second kappa shape index (κ2) is 7.91. The number of hydrogen-bond donors (Lipinski definition) is 0. The fraction of sp³-hybridized carbons (Fsp3) is 0.562. The lowest BCUT2D eigenvalue weighted by Crippen LogP contribution is -2.25. The molecule has 0 aliphatic rings. The van der Waals surface area contributed by atoms with Crippen LogP contribution in [0.4, 0.5) is 5.69 Å². The van der Waals surface area contributed by atoms with Gasteiger partial charge in [0.1, 0.15) is 0 Å². The van der Waals surface area contributed by atoms with Crippen LogP contribution in [0.3, 0.4) is 0 Å². The third kappa shape index (κ3) is 4.52. The first kappa shape index (κ1) is 14.7. The van der Waals surface area contributed by atoms with Crippen LogP contribution < -0.4 is 4.90 Å². The van der Waals surface area contributed by atoms with E-state index in [4.69, 9.17) is 0 Å². The minimum absolute atomic E-state index is 0.141. The van der Waals surface area contributed by atoms with E-state index in [9.17, 15) is 4.79 Å². The zero-order chi connectivity index (χ0) is 13.4. The summed E-state index contributed by atoms with van der Waals surface area (Å²) in [4.78, 5) is 13.8. The molecule has 0 heterocycles. The van der Waals surface area contributed by atoms with Crippen molar-refractivity contribution in [1.82, 2.24) is 0 Å². The summed E-state index contributed by atoms with van der Waals surface area (Å²) in [6.07, 6.45) is 4.81. The highest BCUT2D eigenvalue weighted by Crippen LogP contribution is 2.18. The van der Waals surface area contributed by atoms with Gasteiger partial charge in [0.25, 0.3) is 0 Å². The second-order valence-corrected chi connectivity index (χ2v) is 4.80. The van der Waals surface area contributed by atoms with Gasteiger partial charge in [0.15, 0.2) is 5.78 Å². The number of carbonyl (C=O) groups excluding carboxylic acids is 1. The molecule has 0 aromatic heterocycles. The van der Waals surface area contributed by atoms with Crippen molar-refractivity contribution in [2.24, 2.45) is 0 Å². The van der Waals surface area contributed by atoms with Crippen LogP contribution in [0.15, 0.2) is 24.3 Å². The number of unbranched alkanes of at least 4 members (excludes halogenated alkanes) is 2. The largest absolute Gasteiger partial charge is 0.372 e. The van der Waals surface area contributed by atoms with Crippen LogP contribution in [0, 0.1) is 0 Å². The molecule has 1 aromatic rings. The smallest absolute Gasteiger partial charge is 0.159 e. The van der Waals surface area contributed by atoms with E-state index in [0.29, 0.717) is 0 Å². The minimum atomic E-state index is 0.141. The van der Waals surface area contributed by atoms with Gasteiger partial charge < -0.3 is 4.90 Å². The highest BCUT2D eigenvalue weighted by atomic mass is 16.1. The minimum Gasteiger partial charge on any atom is -0.372 e. The van der Waals surface area contributed by atoms with Crippen LogP contribution in [-0.2, 0) is 0 Å². The number of benzene rings is 1. The van der Waals surface area contributed by atoms with Crippen LogP contribution in [0.2, 0.25) is 0 Å². The number of nitrogens with zero attached hydrogens (tertiary/aromatic N) is 1. The normalized spacial score (nSPS) is 10.4. The van der Waals surface area contributed by atoms with Gasteiger partial charge in [-0.15, -0.1) is 0 Å². The van der Waals surface area contributed by atoms with Crippen LogP contribution in [0.25, 0.3) is 0 Å². The summed E-state index contributed by atoms with van der Waals surface area (Å²) in [5.41, 5.74) is 2.00. The summed E-state index contributed by atoms with van der Waals surface area (Å²) in [5, 5.41) is 0. The van der Waals surface area contributed by atoms with Crippen molar-refractivity contribution in [2.45, 2.75) is 46.5 Å². The molecule has 1 rings (SSSR count). The molecule has 0 atom stereocenters. The van der Waals surface area contributed by atoms with Crippen molar-refractivity contribution in [2.75, 3.05) is 18.0 Å². The Morgan fingerprint density at radius 2 is 1.72 bits per heavy atom. The van der Waals surface area contributed by atoms with E-state index in [1.165, 1.54) is 31.4 Å². The zero-order valence-corrected chi connectivity index (χ0v) is 11.9. The van der Waals surface area contributed by atoms with Crippen molar-refractivity contribution in [1.29, 1.82) is 0 Å². The number of anilines is 1.